The van der Waals surface area contributed by atoms with Crippen LogP contribution in [0.4, 0.5) is 4.39 Å². The summed E-state index contributed by atoms with van der Waals surface area (Å²) >= 11 is 0. The predicted molar refractivity (Wildman–Crippen MR) is 87.9 cm³/mol. The van der Waals surface area contributed by atoms with Gasteiger partial charge in [0.2, 0.25) is 12.6 Å². The zero-order chi connectivity index (χ0) is 18.8. The van der Waals surface area contributed by atoms with Crippen molar-refractivity contribution in [2.24, 2.45) is 0 Å². The molecule has 0 radical (unpaired) electrons. The highest BCUT2D eigenvalue weighted by molar-refractivity contribution is 5.89. The zero-order valence-corrected chi connectivity index (χ0v) is 14.1. The maximum absolute atomic E-state index is 13.7. The Kier molecular flexibility index (Phi) is 4.33. The van der Waals surface area contributed by atoms with Crippen LogP contribution in [0.15, 0.2) is 40.9 Å². The molecule has 4 rings (SSSR count). The van der Waals surface area contributed by atoms with E-state index < -0.39 is 11.8 Å². The normalized spacial score (nSPS) is 12.1. The molecule has 0 amide bonds. The van der Waals surface area contributed by atoms with E-state index in [-0.39, 0.29) is 30.6 Å². The van der Waals surface area contributed by atoms with Crippen molar-refractivity contribution in [1.29, 1.82) is 0 Å². The van der Waals surface area contributed by atoms with E-state index in [0.717, 1.165) is 6.07 Å². The van der Waals surface area contributed by atoms with Crippen molar-refractivity contribution in [2.75, 3.05) is 13.9 Å². The van der Waals surface area contributed by atoms with E-state index in [9.17, 15) is 9.18 Å². The van der Waals surface area contributed by atoms with E-state index >= 15 is 0 Å². The molecule has 2 aromatic carbocycles. The third-order valence-corrected chi connectivity index (χ3v) is 3.81. The molecule has 2 heterocycles. The lowest BCUT2D eigenvalue weighted by atomic mass is 10.2. The second-order valence-corrected chi connectivity index (χ2v) is 5.51. The minimum Gasteiger partial charge on any atom is -0.494 e. The van der Waals surface area contributed by atoms with E-state index in [1.54, 1.807) is 18.2 Å². The van der Waals surface area contributed by atoms with Gasteiger partial charge in [0.25, 0.3) is 5.89 Å². The van der Waals surface area contributed by atoms with Crippen LogP contribution >= 0.6 is 0 Å². The average Bonchev–Trinajstić information content (AvgIpc) is 3.34. The Balaban J connectivity index is 1.42. The van der Waals surface area contributed by atoms with E-state index in [4.69, 9.17) is 23.5 Å². The van der Waals surface area contributed by atoms with Gasteiger partial charge < -0.3 is 23.5 Å². The van der Waals surface area contributed by atoms with Crippen molar-refractivity contribution in [1.82, 2.24) is 10.1 Å². The Morgan fingerprint density at radius 2 is 2.04 bits per heavy atom. The highest BCUT2D eigenvalue weighted by Crippen LogP contribution is 2.35. The zero-order valence-electron chi connectivity index (χ0n) is 14.1. The van der Waals surface area contributed by atoms with Crippen LogP contribution in [0.2, 0.25) is 0 Å². The van der Waals surface area contributed by atoms with Crippen LogP contribution in [0.3, 0.4) is 0 Å². The standard InChI is InChI=1S/C18H13FN2O6/c1-23-13-4-3-11(6-12(13)19)18(22)24-8-16-20-17(21-27-16)10-2-5-14-15(7-10)26-9-25-14/h2-7H,8-9H2,1H3. The molecule has 27 heavy (non-hydrogen) atoms. The Bertz CT molecular complexity index is 1000. The van der Waals surface area contributed by atoms with Crippen molar-refractivity contribution in [3.05, 3.63) is 53.7 Å². The first-order chi connectivity index (χ1) is 13.1. The van der Waals surface area contributed by atoms with E-state index in [2.05, 4.69) is 10.1 Å². The van der Waals surface area contributed by atoms with Gasteiger partial charge in [0, 0.05) is 5.56 Å². The van der Waals surface area contributed by atoms with Gasteiger partial charge in [-0.3, -0.25) is 0 Å². The van der Waals surface area contributed by atoms with Gasteiger partial charge in [-0.25, -0.2) is 9.18 Å². The number of benzene rings is 2. The van der Waals surface area contributed by atoms with Crippen LogP contribution in [0, 0.1) is 5.82 Å². The Morgan fingerprint density at radius 3 is 2.85 bits per heavy atom. The fraction of sp³-hybridized carbons (Fsp3) is 0.167. The fourth-order valence-corrected chi connectivity index (χ4v) is 2.47. The van der Waals surface area contributed by atoms with Gasteiger partial charge in [0.15, 0.2) is 29.7 Å². The predicted octanol–water partition coefficient (Wildman–Crippen LogP) is 2.97. The smallest absolute Gasteiger partial charge is 0.338 e. The quantitative estimate of drug-likeness (QED) is 0.631. The lowest BCUT2D eigenvalue weighted by molar-refractivity contribution is 0.0429. The molecule has 8 nitrogen and oxygen atoms in total. The topological polar surface area (TPSA) is 92.9 Å². The molecule has 138 valence electrons. The van der Waals surface area contributed by atoms with Crippen molar-refractivity contribution >= 4 is 5.97 Å². The number of ether oxygens (including phenoxy) is 4. The number of rotatable bonds is 5. The van der Waals surface area contributed by atoms with E-state index in [0.29, 0.717) is 22.9 Å². The Labute approximate surface area is 152 Å². The molecule has 1 aromatic heterocycles. The van der Waals surface area contributed by atoms with Crippen LogP contribution in [-0.4, -0.2) is 30.0 Å². The first-order valence-corrected chi connectivity index (χ1v) is 7.87. The summed E-state index contributed by atoms with van der Waals surface area (Å²) in [6.07, 6.45) is 0. The van der Waals surface area contributed by atoms with E-state index in [1.807, 2.05) is 0 Å². The summed E-state index contributed by atoms with van der Waals surface area (Å²) in [6, 6.07) is 9.00. The molecule has 9 heteroatoms. The summed E-state index contributed by atoms with van der Waals surface area (Å²) in [5.41, 5.74) is 0.710. The number of hydrogen-bond donors (Lipinski definition) is 0. The number of nitrogens with zero attached hydrogens (tertiary/aromatic N) is 2. The van der Waals surface area contributed by atoms with Gasteiger partial charge in [0.1, 0.15) is 0 Å². The number of fused-ring (bicyclic) bond motifs is 1. The molecule has 3 aromatic rings. The van der Waals surface area contributed by atoms with Crippen LogP contribution in [0.5, 0.6) is 17.2 Å². The molecule has 0 bridgehead atoms. The van der Waals surface area contributed by atoms with Crippen LogP contribution in [0.1, 0.15) is 16.2 Å². The minimum atomic E-state index is -0.723. The molecule has 0 fully saturated rings. The summed E-state index contributed by atoms with van der Waals surface area (Å²) < 4.78 is 39.2. The molecule has 0 aliphatic carbocycles. The second kappa shape index (κ2) is 6.94. The Hall–Kier alpha value is -3.62. The number of carbonyl (C=O) groups is 1. The average molecular weight is 372 g/mol. The number of carbonyl (C=O) groups excluding carboxylic acids is 1. The first kappa shape index (κ1) is 16.8. The molecule has 1 aliphatic rings. The van der Waals surface area contributed by atoms with Gasteiger partial charge >= 0.3 is 5.97 Å². The lowest BCUT2D eigenvalue weighted by Crippen LogP contribution is -2.06. The van der Waals surface area contributed by atoms with Gasteiger partial charge in [-0.2, -0.15) is 4.98 Å². The molecule has 0 spiro atoms. The monoisotopic (exact) mass is 372 g/mol. The maximum atomic E-state index is 13.7. The number of esters is 1. The third-order valence-electron chi connectivity index (χ3n) is 3.81. The highest BCUT2D eigenvalue weighted by atomic mass is 19.1. The minimum absolute atomic E-state index is 0.0387. The molecule has 0 saturated carbocycles. The fourth-order valence-electron chi connectivity index (χ4n) is 2.47. The molecule has 0 atom stereocenters. The SMILES string of the molecule is COc1ccc(C(=O)OCc2nc(-c3ccc4c(c3)OCO4)no2)cc1F. The summed E-state index contributed by atoms with van der Waals surface area (Å²) in [6.45, 7) is -0.0811. The molecular formula is C18H13FN2O6. The van der Waals surface area contributed by atoms with E-state index in [1.165, 1.54) is 19.2 Å². The number of halogens is 1. The van der Waals surface area contributed by atoms with Crippen LogP contribution in [-0.2, 0) is 11.3 Å². The third kappa shape index (κ3) is 3.39. The molecule has 0 saturated heterocycles. The molecule has 0 unspecified atom stereocenters. The van der Waals surface area contributed by atoms with Crippen LogP contribution in [0.25, 0.3) is 11.4 Å². The number of aromatic nitrogens is 2. The largest absolute Gasteiger partial charge is 0.494 e. The molecule has 0 N–H and O–H groups in total. The summed E-state index contributed by atoms with van der Waals surface area (Å²) in [5, 5.41) is 3.85. The second-order valence-electron chi connectivity index (χ2n) is 5.51. The molecule has 1 aliphatic heterocycles. The highest BCUT2D eigenvalue weighted by Gasteiger charge is 2.18. The molecular weight excluding hydrogens is 359 g/mol. The summed E-state index contributed by atoms with van der Waals surface area (Å²) in [4.78, 5) is 16.2. The van der Waals surface area contributed by atoms with Gasteiger partial charge in [-0.15, -0.1) is 0 Å². The Morgan fingerprint density at radius 1 is 1.19 bits per heavy atom. The summed E-state index contributed by atoms with van der Waals surface area (Å²) in [7, 11) is 1.34. The first-order valence-electron chi connectivity index (χ1n) is 7.87. The van der Waals surface area contributed by atoms with Crippen LogP contribution < -0.4 is 14.2 Å². The van der Waals surface area contributed by atoms with Crippen molar-refractivity contribution < 1.29 is 32.7 Å². The van der Waals surface area contributed by atoms with Crippen molar-refractivity contribution in [3.63, 3.8) is 0 Å². The lowest BCUT2D eigenvalue weighted by Gasteiger charge is -2.04. The van der Waals surface area contributed by atoms with Gasteiger partial charge in [0.05, 0.1) is 12.7 Å². The van der Waals surface area contributed by atoms with Crippen molar-refractivity contribution in [3.8, 4) is 28.6 Å². The van der Waals surface area contributed by atoms with Gasteiger partial charge in [-0.05, 0) is 36.4 Å². The number of methoxy groups -OCH3 is 1. The van der Waals surface area contributed by atoms with Crippen molar-refractivity contribution in [2.45, 2.75) is 6.61 Å². The number of hydrogen-bond acceptors (Lipinski definition) is 8. The summed E-state index contributed by atoms with van der Waals surface area (Å²) in [5.74, 6) is 0.306. The maximum Gasteiger partial charge on any atom is 0.338 e. The van der Waals surface area contributed by atoms with Gasteiger partial charge in [-0.1, -0.05) is 5.16 Å².